The minimum atomic E-state index is -0.406. The van der Waals surface area contributed by atoms with E-state index < -0.39 is 5.82 Å². The summed E-state index contributed by atoms with van der Waals surface area (Å²) in [5.74, 6) is -0.218. The van der Waals surface area contributed by atoms with E-state index in [2.05, 4.69) is 5.32 Å². The summed E-state index contributed by atoms with van der Waals surface area (Å²) >= 11 is 0. The highest BCUT2D eigenvalue weighted by Gasteiger charge is 2.19. The van der Waals surface area contributed by atoms with Gasteiger partial charge in [-0.1, -0.05) is 13.0 Å². The molecule has 1 atom stereocenters. The molecule has 0 heterocycles. The molecule has 1 aromatic rings. The molecule has 1 unspecified atom stereocenters. The second kappa shape index (κ2) is 7.85. The number of hydrogen-bond acceptors (Lipinski definition) is 3. The number of carbonyl (C=O) groups is 1. The first-order chi connectivity index (χ1) is 9.53. The number of carbonyl (C=O) groups excluding carboxylic acids is 1. The molecule has 20 heavy (non-hydrogen) atoms. The van der Waals surface area contributed by atoms with E-state index in [0.717, 1.165) is 5.56 Å². The van der Waals surface area contributed by atoms with Crippen LogP contribution >= 0.6 is 0 Å². The number of rotatable bonds is 7. The monoisotopic (exact) mass is 282 g/mol. The van der Waals surface area contributed by atoms with Crippen molar-refractivity contribution >= 4 is 5.91 Å². The van der Waals surface area contributed by atoms with Crippen molar-refractivity contribution in [3.05, 3.63) is 29.6 Å². The number of hydrogen-bond donors (Lipinski definition) is 1. The summed E-state index contributed by atoms with van der Waals surface area (Å²) in [6, 6.07) is 4.78. The van der Waals surface area contributed by atoms with Gasteiger partial charge >= 0.3 is 0 Å². The van der Waals surface area contributed by atoms with E-state index in [9.17, 15) is 9.18 Å². The van der Waals surface area contributed by atoms with Gasteiger partial charge in [0.15, 0.2) is 11.6 Å². The molecule has 1 aromatic carbocycles. The molecule has 1 amide bonds. The lowest BCUT2D eigenvalue weighted by Gasteiger charge is -2.24. The molecule has 0 spiro atoms. The van der Waals surface area contributed by atoms with Crippen molar-refractivity contribution in [2.75, 3.05) is 27.2 Å². The van der Waals surface area contributed by atoms with Gasteiger partial charge in [-0.25, -0.2) is 4.39 Å². The van der Waals surface area contributed by atoms with Crippen molar-refractivity contribution in [1.82, 2.24) is 10.2 Å². The summed E-state index contributed by atoms with van der Waals surface area (Å²) in [5.41, 5.74) is 0.759. The number of halogens is 1. The van der Waals surface area contributed by atoms with E-state index in [4.69, 9.17) is 4.74 Å². The third-order valence-corrected chi connectivity index (χ3v) is 3.21. The molecule has 0 aliphatic heterocycles. The van der Waals surface area contributed by atoms with Gasteiger partial charge in [-0.3, -0.25) is 4.79 Å². The zero-order valence-electron chi connectivity index (χ0n) is 12.6. The number of benzene rings is 1. The molecular formula is C15H23FN2O2. The minimum Gasteiger partial charge on any atom is -0.494 e. The Bertz CT molecular complexity index is 451. The molecule has 112 valence electrons. The molecule has 0 aliphatic rings. The van der Waals surface area contributed by atoms with Crippen LogP contribution in [-0.2, 0) is 11.3 Å². The number of nitrogens with zero attached hydrogens (tertiary/aromatic N) is 1. The van der Waals surface area contributed by atoms with Gasteiger partial charge in [0.05, 0.1) is 7.11 Å². The summed E-state index contributed by atoms with van der Waals surface area (Å²) in [6.07, 6.45) is 0. The van der Waals surface area contributed by atoms with Crippen LogP contribution in [0.5, 0.6) is 5.75 Å². The Morgan fingerprint density at radius 1 is 1.50 bits per heavy atom. The van der Waals surface area contributed by atoms with E-state index in [1.165, 1.54) is 13.2 Å². The topological polar surface area (TPSA) is 41.6 Å². The molecule has 0 aliphatic carbocycles. The maximum atomic E-state index is 13.6. The molecule has 4 nitrogen and oxygen atoms in total. The second-order valence-electron chi connectivity index (χ2n) is 4.78. The minimum absolute atomic E-state index is 0.0677. The van der Waals surface area contributed by atoms with E-state index >= 15 is 0 Å². The molecule has 5 heteroatoms. The fourth-order valence-electron chi connectivity index (χ4n) is 2.08. The fourth-order valence-corrected chi connectivity index (χ4v) is 2.08. The zero-order valence-corrected chi connectivity index (χ0v) is 12.6. The Morgan fingerprint density at radius 3 is 2.70 bits per heavy atom. The van der Waals surface area contributed by atoms with Crippen LogP contribution in [0.15, 0.2) is 18.2 Å². The van der Waals surface area contributed by atoms with Crippen LogP contribution in [0.25, 0.3) is 0 Å². The lowest BCUT2D eigenvalue weighted by atomic mass is 10.1. The second-order valence-corrected chi connectivity index (χ2v) is 4.78. The van der Waals surface area contributed by atoms with Gasteiger partial charge in [0, 0.05) is 25.6 Å². The standard InChI is InChI=1S/C15H23FN2O2/c1-5-18(15(19)11(2)9-17-3)10-12-6-7-14(20-4)13(16)8-12/h6-8,11,17H,5,9-10H2,1-4H3. The SMILES string of the molecule is CCN(Cc1ccc(OC)c(F)c1)C(=O)C(C)CNC. The van der Waals surface area contributed by atoms with E-state index in [1.807, 2.05) is 20.9 Å². The van der Waals surface area contributed by atoms with Crippen molar-refractivity contribution in [1.29, 1.82) is 0 Å². The Morgan fingerprint density at radius 2 is 2.20 bits per heavy atom. The van der Waals surface area contributed by atoms with Gasteiger partial charge in [0.1, 0.15) is 0 Å². The quantitative estimate of drug-likeness (QED) is 0.832. The summed E-state index contributed by atoms with van der Waals surface area (Å²) in [7, 11) is 3.25. The number of ether oxygens (including phenoxy) is 1. The average molecular weight is 282 g/mol. The van der Waals surface area contributed by atoms with E-state index in [1.54, 1.807) is 17.0 Å². The molecular weight excluding hydrogens is 259 g/mol. The first-order valence-corrected chi connectivity index (χ1v) is 6.79. The Kier molecular flexibility index (Phi) is 6.45. The summed E-state index contributed by atoms with van der Waals surface area (Å²) < 4.78 is 18.5. The van der Waals surface area contributed by atoms with E-state index in [0.29, 0.717) is 19.6 Å². The molecule has 0 radical (unpaired) electrons. The molecule has 0 saturated carbocycles. The van der Waals surface area contributed by atoms with Crippen molar-refractivity contribution in [2.24, 2.45) is 5.92 Å². The summed E-state index contributed by atoms with van der Waals surface area (Å²) in [6.45, 7) is 5.44. The highest BCUT2D eigenvalue weighted by Crippen LogP contribution is 2.19. The van der Waals surface area contributed by atoms with Crippen molar-refractivity contribution in [3.63, 3.8) is 0 Å². The highest BCUT2D eigenvalue weighted by atomic mass is 19.1. The average Bonchev–Trinajstić information content (AvgIpc) is 2.44. The van der Waals surface area contributed by atoms with Crippen LogP contribution in [-0.4, -0.2) is 38.1 Å². The van der Waals surface area contributed by atoms with Crippen LogP contribution in [0.3, 0.4) is 0 Å². The highest BCUT2D eigenvalue weighted by molar-refractivity contribution is 5.78. The number of nitrogens with one attached hydrogen (secondary N) is 1. The normalized spacial score (nSPS) is 12.1. The van der Waals surface area contributed by atoms with Crippen molar-refractivity contribution in [2.45, 2.75) is 20.4 Å². The predicted molar refractivity (Wildman–Crippen MR) is 77.1 cm³/mol. The predicted octanol–water partition coefficient (Wildman–Crippen LogP) is 2.04. The molecule has 1 N–H and O–H groups in total. The third-order valence-electron chi connectivity index (χ3n) is 3.21. The van der Waals surface area contributed by atoms with Crippen LogP contribution in [0.4, 0.5) is 4.39 Å². The Balaban J connectivity index is 2.78. The molecule has 0 fully saturated rings. The van der Waals surface area contributed by atoms with Crippen LogP contribution in [0.2, 0.25) is 0 Å². The molecule has 1 rings (SSSR count). The van der Waals surface area contributed by atoms with Gasteiger partial charge in [-0.2, -0.15) is 0 Å². The summed E-state index contributed by atoms with van der Waals surface area (Å²) in [5, 5.41) is 2.99. The lowest BCUT2D eigenvalue weighted by Crippen LogP contribution is -2.38. The first kappa shape index (κ1) is 16.4. The lowest BCUT2D eigenvalue weighted by molar-refractivity contribution is -0.135. The van der Waals surface area contributed by atoms with Crippen molar-refractivity contribution < 1.29 is 13.9 Å². The molecule has 0 saturated heterocycles. The van der Waals surface area contributed by atoms with Crippen LogP contribution in [0, 0.1) is 11.7 Å². The number of methoxy groups -OCH3 is 1. The molecule has 0 bridgehead atoms. The van der Waals surface area contributed by atoms with Gasteiger partial charge in [0.2, 0.25) is 5.91 Å². The first-order valence-electron chi connectivity index (χ1n) is 6.79. The van der Waals surface area contributed by atoms with E-state index in [-0.39, 0.29) is 17.6 Å². The van der Waals surface area contributed by atoms with Crippen molar-refractivity contribution in [3.8, 4) is 5.75 Å². The van der Waals surface area contributed by atoms with Crippen LogP contribution in [0.1, 0.15) is 19.4 Å². The Hall–Kier alpha value is -1.62. The summed E-state index contributed by atoms with van der Waals surface area (Å²) in [4.78, 5) is 14.0. The van der Waals surface area contributed by atoms with Gasteiger partial charge < -0.3 is 15.0 Å². The molecule has 0 aromatic heterocycles. The Labute approximate surface area is 119 Å². The zero-order chi connectivity index (χ0) is 15.1. The number of amides is 1. The van der Waals surface area contributed by atoms with Gasteiger partial charge in [-0.05, 0) is 31.7 Å². The van der Waals surface area contributed by atoms with Gasteiger partial charge in [0.25, 0.3) is 0 Å². The maximum Gasteiger partial charge on any atom is 0.226 e. The largest absolute Gasteiger partial charge is 0.494 e. The third kappa shape index (κ3) is 4.20. The fraction of sp³-hybridized carbons (Fsp3) is 0.533. The maximum absolute atomic E-state index is 13.6. The van der Waals surface area contributed by atoms with Crippen LogP contribution < -0.4 is 10.1 Å². The van der Waals surface area contributed by atoms with Gasteiger partial charge in [-0.15, -0.1) is 0 Å². The smallest absolute Gasteiger partial charge is 0.226 e.